The number of aromatic nitrogens is 2. The number of amides is 1. The van der Waals surface area contributed by atoms with E-state index < -0.39 is 0 Å². The van der Waals surface area contributed by atoms with Gasteiger partial charge in [0.1, 0.15) is 6.54 Å². The summed E-state index contributed by atoms with van der Waals surface area (Å²) >= 11 is 12.2. The van der Waals surface area contributed by atoms with Crippen molar-refractivity contribution < 1.29 is 4.79 Å². The molecule has 7 heteroatoms. The Kier molecular flexibility index (Phi) is 5.43. The summed E-state index contributed by atoms with van der Waals surface area (Å²) in [4.78, 5) is 16.6. The number of hydrogen-bond acceptors (Lipinski definition) is 3. The Balaban J connectivity index is 1.52. The second-order valence-corrected chi connectivity index (χ2v) is 6.87. The summed E-state index contributed by atoms with van der Waals surface area (Å²) in [5.74, 6) is 0.117. The summed E-state index contributed by atoms with van der Waals surface area (Å²) in [6.45, 7) is 6.16. The maximum absolute atomic E-state index is 12.4. The van der Waals surface area contributed by atoms with Crippen molar-refractivity contribution in [2.75, 3.05) is 26.2 Å². The zero-order valence-electron chi connectivity index (χ0n) is 13.6. The molecule has 1 aliphatic heterocycles. The van der Waals surface area contributed by atoms with E-state index in [1.165, 1.54) is 0 Å². The number of carbonyl (C=O) groups is 1. The van der Waals surface area contributed by atoms with E-state index in [9.17, 15) is 4.79 Å². The third-order valence-electron chi connectivity index (χ3n) is 4.35. The minimum absolute atomic E-state index is 0.117. The number of hydrogen-bond donors (Lipinski definition) is 0. The van der Waals surface area contributed by atoms with Crippen molar-refractivity contribution in [1.29, 1.82) is 0 Å². The van der Waals surface area contributed by atoms with Crippen LogP contribution < -0.4 is 0 Å². The summed E-state index contributed by atoms with van der Waals surface area (Å²) in [6, 6.07) is 7.49. The molecule has 1 aromatic carbocycles. The van der Waals surface area contributed by atoms with Crippen LogP contribution in [-0.4, -0.2) is 51.7 Å². The SMILES string of the molecule is Cc1ccnn1CC(=O)N1CCN(Cc2ccc(Cl)cc2Cl)CC1. The van der Waals surface area contributed by atoms with Gasteiger partial charge in [-0.25, -0.2) is 0 Å². The first-order chi connectivity index (χ1) is 11.5. The fourth-order valence-corrected chi connectivity index (χ4v) is 3.31. The highest BCUT2D eigenvalue weighted by Crippen LogP contribution is 2.22. The first-order valence-electron chi connectivity index (χ1n) is 7.95. The summed E-state index contributed by atoms with van der Waals surface area (Å²) in [6.07, 6.45) is 1.72. The molecule has 1 fully saturated rings. The predicted molar refractivity (Wildman–Crippen MR) is 95.3 cm³/mol. The van der Waals surface area contributed by atoms with Crippen LogP contribution >= 0.6 is 23.2 Å². The summed E-state index contributed by atoms with van der Waals surface area (Å²) in [5, 5.41) is 5.51. The molecule has 1 aliphatic rings. The highest BCUT2D eigenvalue weighted by atomic mass is 35.5. The molecule has 0 atom stereocenters. The van der Waals surface area contributed by atoms with Crippen LogP contribution in [0.15, 0.2) is 30.5 Å². The minimum atomic E-state index is 0.117. The average molecular weight is 367 g/mol. The van der Waals surface area contributed by atoms with E-state index in [1.807, 2.05) is 30.0 Å². The summed E-state index contributed by atoms with van der Waals surface area (Å²) in [7, 11) is 0. The van der Waals surface area contributed by atoms with Gasteiger partial charge >= 0.3 is 0 Å². The molecule has 2 heterocycles. The zero-order chi connectivity index (χ0) is 17.1. The molecule has 1 saturated heterocycles. The lowest BCUT2D eigenvalue weighted by Gasteiger charge is -2.35. The zero-order valence-corrected chi connectivity index (χ0v) is 15.1. The molecule has 0 unspecified atom stereocenters. The molecule has 2 aromatic rings. The van der Waals surface area contributed by atoms with E-state index in [4.69, 9.17) is 23.2 Å². The number of piperazine rings is 1. The molecule has 0 radical (unpaired) electrons. The van der Waals surface area contributed by atoms with Crippen molar-refractivity contribution in [3.63, 3.8) is 0 Å². The Labute approximate surface area is 151 Å². The summed E-state index contributed by atoms with van der Waals surface area (Å²) in [5.41, 5.74) is 2.06. The fourth-order valence-electron chi connectivity index (χ4n) is 2.84. The van der Waals surface area contributed by atoms with Gasteiger partial charge in [-0.1, -0.05) is 29.3 Å². The Hall–Kier alpha value is -1.56. The quantitative estimate of drug-likeness (QED) is 0.835. The van der Waals surface area contributed by atoms with Gasteiger partial charge in [0.05, 0.1) is 0 Å². The molecule has 0 spiro atoms. The van der Waals surface area contributed by atoms with Gasteiger partial charge in [0.2, 0.25) is 5.91 Å². The Morgan fingerprint density at radius 1 is 1.17 bits per heavy atom. The number of aryl methyl sites for hydroxylation is 1. The van der Waals surface area contributed by atoms with Gasteiger partial charge in [-0.05, 0) is 30.7 Å². The number of halogens is 2. The highest BCUT2D eigenvalue weighted by molar-refractivity contribution is 6.35. The van der Waals surface area contributed by atoms with Gasteiger partial charge < -0.3 is 4.90 Å². The van der Waals surface area contributed by atoms with E-state index in [0.29, 0.717) is 16.6 Å². The molecule has 0 aliphatic carbocycles. The second-order valence-electron chi connectivity index (χ2n) is 6.02. The molecular formula is C17H20Cl2N4O. The van der Waals surface area contributed by atoms with E-state index in [0.717, 1.165) is 44.0 Å². The Bertz CT molecular complexity index is 723. The van der Waals surface area contributed by atoms with Crippen molar-refractivity contribution in [2.45, 2.75) is 20.0 Å². The van der Waals surface area contributed by atoms with Crippen LogP contribution in [0.3, 0.4) is 0 Å². The van der Waals surface area contributed by atoms with Crippen LogP contribution in [0.5, 0.6) is 0 Å². The lowest BCUT2D eigenvalue weighted by Crippen LogP contribution is -2.49. The van der Waals surface area contributed by atoms with Crippen molar-refractivity contribution in [1.82, 2.24) is 19.6 Å². The molecule has 128 valence electrons. The predicted octanol–water partition coefficient (Wildman–Crippen LogP) is 2.84. The molecular weight excluding hydrogens is 347 g/mol. The molecule has 24 heavy (non-hydrogen) atoms. The van der Waals surface area contributed by atoms with Gasteiger partial charge in [0, 0.05) is 54.7 Å². The van der Waals surface area contributed by atoms with Gasteiger partial charge in [-0.2, -0.15) is 5.10 Å². The first-order valence-corrected chi connectivity index (χ1v) is 8.71. The number of carbonyl (C=O) groups excluding carboxylic acids is 1. The van der Waals surface area contributed by atoms with Crippen LogP contribution in [0.25, 0.3) is 0 Å². The maximum Gasteiger partial charge on any atom is 0.244 e. The molecule has 5 nitrogen and oxygen atoms in total. The van der Waals surface area contributed by atoms with E-state index in [2.05, 4.69) is 10.00 Å². The molecule has 3 rings (SSSR count). The van der Waals surface area contributed by atoms with Crippen LogP contribution in [0, 0.1) is 6.92 Å². The van der Waals surface area contributed by atoms with Gasteiger partial charge in [0.25, 0.3) is 0 Å². The lowest BCUT2D eigenvalue weighted by molar-refractivity contribution is -0.133. The van der Waals surface area contributed by atoms with Crippen molar-refractivity contribution in [3.05, 3.63) is 51.8 Å². The van der Waals surface area contributed by atoms with Gasteiger partial charge in [-0.15, -0.1) is 0 Å². The van der Waals surface area contributed by atoms with E-state index in [1.54, 1.807) is 16.9 Å². The smallest absolute Gasteiger partial charge is 0.244 e. The monoisotopic (exact) mass is 366 g/mol. The van der Waals surface area contributed by atoms with Gasteiger partial charge in [0.15, 0.2) is 0 Å². The Morgan fingerprint density at radius 2 is 1.92 bits per heavy atom. The molecule has 1 aromatic heterocycles. The number of nitrogens with zero attached hydrogens (tertiary/aromatic N) is 4. The minimum Gasteiger partial charge on any atom is -0.339 e. The normalized spacial score (nSPS) is 15.7. The standard InChI is InChI=1S/C17H20Cl2N4O/c1-13-4-5-20-23(13)12-17(24)22-8-6-21(7-9-22)11-14-2-3-15(18)10-16(14)19/h2-5,10H,6-9,11-12H2,1H3. The van der Waals surface area contributed by atoms with E-state index in [-0.39, 0.29) is 5.91 Å². The van der Waals surface area contributed by atoms with Crippen molar-refractivity contribution in [3.8, 4) is 0 Å². The highest BCUT2D eigenvalue weighted by Gasteiger charge is 2.22. The van der Waals surface area contributed by atoms with Crippen molar-refractivity contribution in [2.24, 2.45) is 0 Å². The van der Waals surface area contributed by atoms with Crippen LogP contribution in [0.2, 0.25) is 10.0 Å². The third-order valence-corrected chi connectivity index (χ3v) is 4.93. The van der Waals surface area contributed by atoms with Crippen molar-refractivity contribution >= 4 is 29.1 Å². The van der Waals surface area contributed by atoms with Gasteiger partial charge in [-0.3, -0.25) is 14.4 Å². The molecule has 0 bridgehead atoms. The third kappa shape index (κ3) is 4.09. The van der Waals surface area contributed by atoms with Crippen LogP contribution in [0.4, 0.5) is 0 Å². The van der Waals surface area contributed by atoms with E-state index >= 15 is 0 Å². The molecule has 1 amide bonds. The first kappa shape index (κ1) is 17.3. The topological polar surface area (TPSA) is 41.4 Å². The maximum atomic E-state index is 12.4. The fraction of sp³-hybridized carbons (Fsp3) is 0.412. The Morgan fingerprint density at radius 3 is 2.54 bits per heavy atom. The average Bonchev–Trinajstić information content (AvgIpc) is 2.96. The summed E-state index contributed by atoms with van der Waals surface area (Å²) < 4.78 is 1.74. The molecule has 0 saturated carbocycles. The van der Waals surface area contributed by atoms with Crippen LogP contribution in [0.1, 0.15) is 11.3 Å². The lowest BCUT2D eigenvalue weighted by atomic mass is 10.2. The number of benzene rings is 1. The second kappa shape index (κ2) is 7.55. The van der Waals surface area contributed by atoms with Crippen LogP contribution in [-0.2, 0) is 17.9 Å². The molecule has 0 N–H and O–H groups in total. The number of rotatable bonds is 4. The largest absolute Gasteiger partial charge is 0.339 e.